The monoisotopic (exact) mass is 472 g/mol. The summed E-state index contributed by atoms with van der Waals surface area (Å²) < 4.78 is 1.40. The Labute approximate surface area is 138 Å². The molecule has 1 aromatic rings. The Morgan fingerprint density at radius 3 is 1.78 bits per heavy atom. The van der Waals surface area contributed by atoms with E-state index in [1.807, 2.05) is 0 Å². The minimum atomic E-state index is -1.18. The van der Waals surface area contributed by atoms with Crippen molar-refractivity contribution in [2.45, 2.75) is 6.04 Å². The lowest BCUT2D eigenvalue weighted by atomic mass is 10.3. The molecule has 4 nitrogen and oxygen atoms in total. The fourth-order valence-electron chi connectivity index (χ4n) is 0.877. The molecule has 0 bridgehead atoms. The molecule has 0 unspecified atom stereocenters. The largest absolute Gasteiger partial charge is 0.242 e. The molecule has 18 heavy (non-hydrogen) atoms. The molecule has 0 saturated carbocycles. The Balaban J connectivity index is 3.36. The van der Waals surface area contributed by atoms with Gasteiger partial charge in [0.05, 0.1) is 23.5 Å². The maximum atomic E-state index is 8.59. The van der Waals surface area contributed by atoms with Crippen molar-refractivity contribution in [3.8, 4) is 12.1 Å². The molecule has 92 valence electrons. The van der Waals surface area contributed by atoms with Crippen molar-refractivity contribution >= 4 is 76.7 Å². The third kappa shape index (κ3) is 3.23. The SMILES string of the molecule is N#CC(C#N)N=Nc1c(Br)c(Cl)c(Br)c(Cl)c1Br. The molecule has 0 radical (unpaired) electrons. The van der Waals surface area contributed by atoms with E-state index in [2.05, 4.69) is 58.0 Å². The Morgan fingerprint density at radius 2 is 1.39 bits per heavy atom. The van der Waals surface area contributed by atoms with E-state index in [1.165, 1.54) is 0 Å². The van der Waals surface area contributed by atoms with E-state index in [0.29, 0.717) is 29.2 Å². The summed E-state index contributed by atoms with van der Waals surface area (Å²) in [6.45, 7) is 0. The van der Waals surface area contributed by atoms with E-state index in [4.69, 9.17) is 33.7 Å². The Kier molecular flexibility index (Phi) is 6.03. The minimum absolute atomic E-state index is 0.309. The number of rotatable bonds is 2. The van der Waals surface area contributed by atoms with E-state index < -0.39 is 6.04 Å². The van der Waals surface area contributed by atoms with Gasteiger partial charge < -0.3 is 0 Å². The van der Waals surface area contributed by atoms with Gasteiger partial charge in [0.1, 0.15) is 17.8 Å². The molecule has 0 atom stereocenters. The van der Waals surface area contributed by atoms with Crippen LogP contribution in [0.1, 0.15) is 0 Å². The fourth-order valence-corrected chi connectivity index (χ4v) is 3.44. The molecule has 0 saturated heterocycles. The van der Waals surface area contributed by atoms with Gasteiger partial charge in [0.2, 0.25) is 6.04 Å². The predicted molar refractivity (Wildman–Crippen MR) is 79.1 cm³/mol. The van der Waals surface area contributed by atoms with Crippen LogP contribution in [0.2, 0.25) is 10.0 Å². The molecule has 0 fully saturated rings. The summed E-state index contributed by atoms with van der Waals surface area (Å²) in [7, 11) is 0. The zero-order valence-corrected chi connectivity index (χ0v) is 14.5. The van der Waals surface area contributed by atoms with Gasteiger partial charge in [-0.05, 0) is 47.8 Å². The van der Waals surface area contributed by atoms with Crippen LogP contribution in [0.15, 0.2) is 23.6 Å². The molecule has 0 N–H and O–H groups in total. The van der Waals surface area contributed by atoms with Crippen molar-refractivity contribution in [2.24, 2.45) is 10.2 Å². The van der Waals surface area contributed by atoms with Gasteiger partial charge in [0.15, 0.2) is 0 Å². The molecule has 9 heteroatoms. The number of halogens is 5. The van der Waals surface area contributed by atoms with Gasteiger partial charge in [-0.1, -0.05) is 23.2 Å². The lowest BCUT2D eigenvalue weighted by molar-refractivity contribution is 0.946. The van der Waals surface area contributed by atoms with Gasteiger partial charge in [-0.2, -0.15) is 20.8 Å². The predicted octanol–water partition coefficient (Wildman–Crippen LogP) is 5.78. The molecule has 0 spiro atoms. The van der Waals surface area contributed by atoms with Crippen LogP contribution in [0, 0.1) is 22.7 Å². The van der Waals surface area contributed by atoms with Crippen LogP contribution < -0.4 is 0 Å². The average molecular weight is 476 g/mol. The molecule has 0 aromatic heterocycles. The van der Waals surface area contributed by atoms with Crippen LogP contribution in [0.5, 0.6) is 0 Å². The van der Waals surface area contributed by atoms with E-state index in [9.17, 15) is 0 Å². The summed E-state index contributed by atoms with van der Waals surface area (Å²) in [4.78, 5) is 0. The highest BCUT2D eigenvalue weighted by Gasteiger charge is 2.18. The van der Waals surface area contributed by atoms with E-state index in [-0.39, 0.29) is 0 Å². The summed E-state index contributed by atoms with van der Waals surface area (Å²) in [6.07, 6.45) is 0. The summed E-state index contributed by atoms with van der Waals surface area (Å²) in [5.41, 5.74) is 0.309. The summed E-state index contributed by atoms with van der Waals surface area (Å²) >= 11 is 21.7. The van der Waals surface area contributed by atoms with Crippen molar-refractivity contribution in [1.29, 1.82) is 10.5 Å². The second kappa shape index (κ2) is 6.83. The van der Waals surface area contributed by atoms with Crippen LogP contribution in [-0.4, -0.2) is 6.04 Å². The van der Waals surface area contributed by atoms with Gasteiger partial charge in [-0.15, -0.1) is 0 Å². The van der Waals surface area contributed by atoms with Crippen LogP contribution in [0.3, 0.4) is 0 Å². The van der Waals surface area contributed by atoms with E-state index in [1.54, 1.807) is 12.1 Å². The van der Waals surface area contributed by atoms with E-state index >= 15 is 0 Å². The minimum Gasteiger partial charge on any atom is -0.195 e. The van der Waals surface area contributed by atoms with Crippen LogP contribution in [0.25, 0.3) is 0 Å². The first kappa shape index (κ1) is 15.9. The highest BCUT2D eigenvalue weighted by Crippen LogP contribution is 2.48. The second-order valence-corrected chi connectivity index (χ2v) is 5.93. The Bertz CT molecular complexity index is 560. The average Bonchev–Trinajstić information content (AvgIpc) is 2.38. The molecule has 0 aliphatic heterocycles. The van der Waals surface area contributed by atoms with Gasteiger partial charge in [0, 0.05) is 0 Å². The van der Waals surface area contributed by atoms with Gasteiger partial charge in [0.25, 0.3) is 0 Å². The van der Waals surface area contributed by atoms with Gasteiger partial charge in [-0.3, -0.25) is 0 Å². The number of azo groups is 1. The van der Waals surface area contributed by atoms with Gasteiger partial charge >= 0.3 is 0 Å². The zero-order valence-electron chi connectivity index (χ0n) is 8.26. The lowest BCUT2D eigenvalue weighted by Crippen LogP contribution is -1.93. The molecule has 0 heterocycles. The highest BCUT2D eigenvalue weighted by molar-refractivity contribution is 9.12. The first-order chi connectivity index (χ1) is 8.43. The zero-order chi connectivity index (χ0) is 13.9. The summed E-state index contributed by atoms with van der Waals surface area (Å²) in [5, 5.41) is 25.2. The molecule has 0 aliphatic carbocycles. The Morgan fingerprint density at radius 1 is 0.944 bits per heavy atom. The standard InChI is InChI=1S/C9HBr3Cl2N4/c10-4-7(13)5(11)9(6(12)8(4)14)18-17-3(1-15)2-16/h3H. The molecular weight excluding hydrogens is 475 g/mol. The summed E-state index contributed by atoms with van der Waals surface area (Å²) in [5.74, 6) is 0. The van der Waals surface area contributed by atoms with Crippen molar-refractivity contribution in [3.05, 3.63) is 23.5 Å². The van der Waals surface area contributed by atoms with Crippen molar-refractivity contribution in [3.63, 3.8) is 0 Å². The highest BCUT2D eigenvalue weighted by atomic mass is 79.9. The maximum Gasteiger partial charge on any atom is 0.242 e. The van der Waals surface area contributed by atoms with Crippen molar-refractivity contribution in [1.82, 2.24) is 0 Å². The third-order valence-electron chi connectivity index (χ3n) is 1.70. The van der Waals surface area contributed by atoms with Gasteiger partial charge in [-0.25, -0.2) is 0 Å². The molecule has 1 aromatic carbocycles. The molecule has 0 amide bonds. The molecular formula is C9HBr3Cl2N4. The lowest BCUT2D eigenvalue weighted by Gasteiger charge is -2.08. The van der Waals surface area contributed by atoms with Crippen molar-refractivity contribution in [2.75, 3.05) is 0 Å². The summed E-state index contributed by atoms with van der Waals surface area (Å²) in [6, 6.07) is 2.17. The molecule has 1 rings (SSSR count). The van der Waals surface area contributed by atoms with E-state index in [0.717, 1.165) is 0 Å². The first-order valence-electron chi connectivity index (χ1n) is 4.15. The third-order valence-corrected chi connectivity index (χ3v) is 5.71. The van der Waals surface area contributed by atoms with Crippen LogP contribution in [-0.2, 0) is 0 Å². The second-order valence-electron chi connectivity index (χ2n) is 2.79. The van der Waals surface area contributed by atoms with Crippen molar-refractivity contribution < 1.29 is 0 Å². The number of nitriles is 2. The Hall–Kier alpha value is -0.180. The number of benzene rings is 1. The first-order valence-corrected chi connectivity index (χ1v) is 7.29. The topological polar surface area (TPSA) is 72.3 Å². The van der Waals surface area contributed by atoms with Crippen LogP contribution in [0.4, 0.5) is 5.69 Å². The normalized spacial score (nSPS) is 10.7. The smallest absolute Gasteiger partial charge is 0.195 e. The number of hydrogen-bond donors (Lipinski definition) is 0. The fraction of sp³-hybridized carbons (Fsp3) is 0.111. The maximum absolute atomic E-state index is 8.59. The molecule has 0 aliphatic rings. The van der Waals surface area contributed by atoms with Crippen LogP contribution >= 0.6 is 71.0 Å². The number of hydrogen-bond acceptors (Lipinski definition) is 4. The quantitative estimate of drug-likeness (QED) is 0.309. The number of nitrogens with zero attached hydrogens (tertiary/aromatic N) is 4.